The number of pyridine rings is 1. The Hall–Kier alpha value is -2.77. The number of fused-ring (bicyclic) bond motifs is 2. The van der Waals surface area contributed by atoms with Crippen LogP contribution in [0.2, 0.25) is 0 Å². The van der Waals surface area contributed by atoms with Gasteiger partial charge >= 0.3 is 0 Å². The predicted octanol–water partition coefficient (Wildman–Crippen LogP) is 3.72. The Labute approximate surface area is 181 Å². The van der Waals surface area contributed by atoms with Crippen molar-refractivity contribution in [2.24, 2.45) is 0 Å². The van der Waals surface area contributed by atoms with Gasteiger partial charge in [0.05, 0.1) is 24.8 Å². The molecule has 1 N–H and O–H groups in total. The molecule has 0 amide bonds. The fourth-order valence-corrected chi connectivity index (χ4v) is 5.22. The van der Waals surface area contributed by atoms with Crippen molar-refractivity contribution >= 4 is 16.6 Å². The van der Waals surface area contributed by atoms with Crippen LogP contribution in [0.15, 0.2) is 30.7 Å². The van der Waals surface area contributed by atoms with Crippen LogP contribution in [0, 0.1) is 6.92 Å². The Bertz CT molecular complexity index is 1250. The highest BCUT2D eigenvalue weighted by atomic mass is 16.5. The molecule has 160 valence electrons. The Morgan fingerprint density at radius 3 is 2.74 bits per heavy atom. The second-order valence-corrected chi connectivity index (χ2v) is 8.96. The van der Waals surface area contributed by atoms with E-state index in [2.05, 4.69) is 58.3 Å². The molecule has 5 heterocycles. The molecular formula is C24H28N6O. The summed E-state index contributed by atoms with van der Waals surface area (Å²) in [5.74, 6) is 0.548. The summed E-state index contributed by atoms with van der Waals surface area (Å²) in [6.07, 6.45) is 7.02. The molecule has 0 unspecified atom stereocenters. The van der Waals surface area contributed by atoms with Gasteiger partial charge in [0.15, 0.2) is 5.65 Å². The molecule has 3 aromatic heterocycles. The quantitative estimate of drug-likeness (QED) is 0.549. The number of hydrogen-bond donors (Lipinski definition) is 1. The van der Waals surface area contributed by atoms with Crippen molar-refractivity contribution in [1.82, 2.24) is 29.7 Å². The van der Waals surface area contributed by atoms with Crippen LogP contribution < -0.4 is 0 Å². The number of likely N-dealkylation sites (tertiary alicyclic amines) is 1. The number of ether oxygens (including phenoxy) is 1. The van der Waals surface area contributed by atoms with Gasteiger partial charge in [-0.1, -0.05) is 6.92 Å². The van der Waals surface area contributed by atoms with Gasteiger partial charge in [0, 0.05) is 28.8 Å². The second-order valence-electron chi connectivity index (χ2n) is 8.96. The van der Waals surface area contributed by atoms with Crippen molar-refractivity contribution < 1.29 is 4.74 Å². The van der Waals surface area contributed by atoms with Gasteiger partial charge in [-0.05, 0) is 74.2 Å². The highest BCUT2D eigenvalue weighted by Crippen LogP contribution is 2.36. The summed E-state index contributed by atoms with van der Waals surface area (Å²) in [6, 6.07) is 7.44. The van der Waals surface area contributed by atoms with Crippen LogP contribution >= 0.6 is 0 Å². The van der Waals surface area contributed by atoms with Crippen LogP contribution in [0.5, 0.6) is 0 Å². The number of aromatic amines is 1. The number of hydrogen-bond acceptors (Lipinski definition) is 5. The summed E-state index contributed by atoms with van der Waals surface area (Å²) >= 11 is 0. The van der Waals surface area contributed by atoms with Crippen LogP contribution in [-0.4, -0.2) is 62.0 Å². The first-order valence-corrected chi connectivity index (χ1v) is 11.3. The molecule has 2 saturated heterocycles. The molecule has 7 nitrogen and oxygen atoms in total. The molecule has 0 bridgehead atoms. The van der Waals surface area contributed by atoms with E-state index in [1.165, 1.54) is 35.0 Å². The molecule has 4 aromatic rings. The number of rotatable bonds is 4. The lowest BCUT2D eigenvalue weighted by Gasteiger charge is -2.41. The summed E-state index contributed by atoms with van der Waals surface area (Å²) in [5.41, 5.74) is 8.13. The van der Waals surface area contributed by atoms with Crippen LogP contribution in [-0.2, 0) is 11.2 Å². The third-order valence-electron chi connectivity index (χ3n) is 7.13. The van der Waals surface area contributed by atoms with Crippen molar-refractivity contribution in [3.8, 4) is 11.1 Å². The minimum atomic E-state index is 0.548. The average molecular weight is 417 g/mol. The van der Waals surface area contributed by atoms with Gasteiger partial charge in [-0.25, -0.2) is 9.50 Å². The summed E-state index contributed by atoms with van der Waals surface area (Å²) in [6.45, 7) is 8.42. The highest BCUT2D eigenvalue weighted by Gasteiger charge is 2.31. The van der Waals surface area contributed by atoms with E-state index in [9.17, 15) is 0 Å². The van der Waals surface area contributed by atoms with Crippen LogP contribution in [0.25, 0.3) is 27.7 Å². The van der Waals surface area contributed by atoms with Gasteiger partial charge in [0.25, 0.3) is 0 Å². The van der Waals surface area contributed by atoms with E-state index >= 15 is 0 Å². The monoisotopic (exact) mass is 416 g/mol. The first kappa shape index (κ1) is 19.0. The van der Waals surface area contributed by atoms with E-state index in [0.29, 0.717) is 12.0 Å². The van der Waals surface area contributed by atoms with E-state index in [0.717, 1.165) is 55.0 Å². The van der Waals surface area contributed by atoms with Crippen molar-refractivity contribution in [1.29, 1.82) is 0 Å². The maximum atomic E-state index is 5.38. The van der Waals surface area contributed by atoms with Crippen molar-refractivity contribution in [3.05, 3.63) is 47.5 Å². The van der Waals surface area contributed by atoms with E-state index in [-0.39, 0.29) is 0 Å². The molecule has 0 spiro atoms. The molecule has 0 atom stereocenters. The largest absolute Gasteiger partial charge is 0.378 e. The third-order valence-corrected chi connectivity index (χ3v) is 7.13. The van der Waals surface area contributed by atoms with Gasteiger partial charge in [0.2, 0.25) is 0 Å². The lowest BCUT2D eigenvalue weighted by Crippen LogP contribution is -2.51. The summed E-state index contributed by atoms with van der Waals surface area (Å²) in [7, 11) is 0. The Kier molecular flexibility index (Phi) is 4.54. The molecule has 0 saturated carbocycles. The van der Waals surface area contributed by atoms with E-state index in [4.69, 9.17) is 9.84 Å². The summed E-state index contributed by atoms with van der Waals surface area (Å²) in [5, 5.41) is 13.8. The zero-order chi connectivity index (χ0) is 20.9. The van der Waals surface area contributed by atoms with Gasteiger partial charge in [-0.2, -0.15) is 10.2 Å². The van der Waals surface area contributed by atoms with Crippen molar-refractivity contribution in [3.63, 3.8) is 0 Å². The molecule has 2 fully saturated rings. The zero-order valence-corrected chi connectivity index (χ0v) is 18.1. The van der Waals surface area contributed by atoms with E-state index in [1.54, 1.807) is 6.33 Å². The van der Waals surface area contributed by atoms with Gasteiger partial charge < -0.3 is 4.74 Å². The van der Waals surface area contributed by atoms with Crippen molar-refractivity contribution in [2.45, 2.75) is 45.1 Å². The molecule has 6 rings (SSSR count). The highest BCUT2D eigenvalue weighted by molar-refractivity contribution is 5.88. The fourth-order valence-electron chi connectivity index (χ4n) is 5.22. The molecule has 2 aliphatic heterocycles. The van der Waals surface area contributed by atoms with E-state index < -0.39 is 0 Å². The third kappa shape index (κ3) is 3.15. The number of piperidine rings is 1. The number of nitrogens with zero attached hydrogens (tertiary/aromatic N) is 5. The molecule has 2 aliphatic rings. The average Bonchev–Trinajstić information content (AvgIpc) is 3.39. The van der Waals surface area contributed by atoms with Crippen LogP contribution in [0.3, 0.4) is 0 Å². The summed E-state index contributed by atoms with van der Waals surface area (Å²) in [4.78, 5) is 6.94. The minimum Gasteiger partial charge on any atom is -0.378 e. The molecular weight excluding hydrogens is 388 g/mol. The maximum Gasteiger partial charge on any atom is 0.158 e. The van der Waals surface area contributed by atoms with Crippen LogP contribution in [0.4, 0.5) is 0 Å². The normalized spacial score (nSPS) is 18.8. The molecule has 31 heavy (non-hydrogen) atoms. The molecule has 1 aromatic carbocycles. The fraction of sp³-hybridized carbons (Fsp3) is 0.458. The first-order valence-electron chi connectivity index (χ1n) is 11.3. The number of benzene rings is 1. The van der Waals surface area contributed by atoms with Gasteiger partial charge in [0.1, 0.15) is 6.33 Å². The zero-order valence-electron chi connectivity index (χ0n) is 18.1. The molecule has 0 aliphatic carbocycles. The SMILES string of the molecule is CCc1cc2c(C3CCN(C4COC4)CC3)[nH]nc2cc1-c1cc(C)c2ncnn2c1. The van der Waals surface area contributed by atoms with Gasteiger partial charge in [-0.15, -0.1) is 0 Å². The van der Waals surface area contributed by atoms with Crippen molar-refractivity contribution in [2.75, 3.05) is 26.3 Å². The second kappa shape index (κ2) is 7.43. The smallest absolute Gasteiger partial charge is 0.158 e. The first-order chi connectivity index (χ1) is 15.2. The molecule has 7 heteroatoms. The van der Waals surface area contributed by atoms with E-state index in [1.807, 2.05) is 4.52 Å². The number of aryl methyl sites for hydroxylation is 2. The van der Waals surface area contributed by atoms with Crippen LogP contribution in [0.1, 0.15) is 42.5 Å². The predicted molar refractivity (Wildman–Crippen MR) is 120 cm³/mol. The number of H-pyrrole nitrogens is 1. The minimum absolute atomic E-state index is 0.548. The Morgan fingerprint density at radius 1 is 1.16 bits per heavy atom. The number of aromatic nitrogens is 5. The maximum absolute atomic E-state index is 5.38. The standard InChI is InChI=1S/C24H28N6O/c1-3-16-9-21-22(10-20(16)18-8-15(2)24-25-14-26-30(24)11-18)27-28-23(21)17-4-6-29(7-5-17)19-12-31-13-19/h8-11,14,17,19H,3-7,12-13H2,1-2H3,(H,27,28). The number of nitrogens with one attached hydrogen (secondary N) is 1. The topological polar surface area (TPSA) is 71.3 Å². The Morgan fingerprint density at radius 2 is 2.00 bits per heavy atom. The lowest BCUT2D eigenvalue weighted by molar-refractivity contribution is -0.0713. The molecule has 0 radical (unpaired) electrons. The lowest BCUT2D eigenvalue weighted by atomic mass is 9.89. The van der Waals surface area contributed by atoms with Gasteiger partial charge in [-0.3, -0.25) is 10.00 Å². The summed E-state index contributed by atoms with van der Waals surface area (Å²) < 4.78 is 7.24. The Balaban J connectivity index is 1.35.